The molecule has 6 nitrogen and oxygen atoms in total. The fraction of sp³-hybridized carbons (Fsp3) is 0.258. The van der Waals surface area contributed by atoms with Crippen LogP contribution in [-0.2, 0) is 16.4 Å². The number of aromatic nitrogens is 2. The van der Waals surface area contributed by atoms with Crippen LogP contribution in [0.1, 0.15) is 24.8 Å². The zero-order valence-corrected chi connectivity index (χ0v) is 23.2. The van der Waals surface area contributed by atoms with Crippen LogP contribution in [0.2, 0.25) is 5.02 Å². The van der Waals surface area contributed by atoms with Gasteiger partial charge >= 0.3 is 0 Å². The summed E-state index contributed by atoms with van der Waals surface area (Å²) in [6.07, 6.45) is 3.72. The molecule has 1 fully saturated rings. The molecule has 8 heteroatoms. The normalized spacial score (nSPS) is 14.7. The Morgan fingerprint density at radius 2 is 1.59 bits per heavy atom. The van der Waals surface area contributed by atoms with Gasteiger partial charge in [-0.3, -0.25) is 9.58 Å². The third kappa shape index (κ3) is 5.26. The average Bonchev–Trinajstić information content (AvgIpc) is 3.33. The predicted octanol–water partition coefficient (Wildman–Crippen LogP) is 6.59. The number of sulfone groups is 1. The second kappa shape index (κ2) is 11.0. The monoisotopic (exact) mass is 559 g/mol. The molecule has 200 valence electrons. The number of nitrogens with zero attached hydrogens (tertiary/aromatic N) is 3. The summed E-state index contributed by atoms with van der Waals surface area (Å²) in [6.45, 7) is 3.89. The lowest BCUT2D eigenvalue weighted by Crippen LogP contribution is -2.33. The Morgan fingerprint density at radius 1 is 0.846 bits per heavy atom. The van der Waals surface area contributed by atoms with Crippen LogP contribution in [0.25, 0.3) is 21.7 Å². The fourth-order valence-corrected chi connectivity index (χ4v) is 7.23. The first-order valence-corrected chi connectivity index (χ1v) is 15.2. The Kier molecular flexibility index (Phi) is 7.30. The van der Waals surface area contributed by atoms with E-state index in [1.807, 2.05) is 72.8 Å². The van der Waals surface area contributed by atoms with Crippen molar-refractivity contribution in [3.05, 3.63) is 95.5 Å². The Balaban J connectivity index is 1.44. The number of para-hydroxylation sites is 1. The van der Waals surface area contributed by atoms with Crippen molar-refractivity contribution >= 4 is 43.1 Å². The zero-order valence-electron chi connectivity index (χ0n) is 21.6. The molecule has 5 aromatic rings. The van der Waals surface area contributed by atoms with E-state index >= 15 is 0 Å². The number of rotatable bonds is 8. The van der Waals surface area contributed by atoms with Crippen molar-refractivity contribution in [2.24, 2.45) is 0 Å². The van der Waals surface area contributed by atoms with E-state index in [1.165, 1.54) is 19.3 Å². The largest absolute Gasteiger partial charge is 0.490 e. The molecule has 0 N–H and O–H groups in total. The molecular formula is C31H30ClN3O3S. The average molecular weight is 560 g/mol. The van der Waals surface area contributed by atoms with E-state index in [2.05, 4.69) is 4.90 Å². The quantitative estimate of drug-likeness (QED) is 0.215. The number of hydrogen-bond acceptors (Lipinski definition) is 5. The summed E-state index contributed by atoms with van der Waals surface area (Å²) in [5.74, 6) is 0.624. The molecule has 0 unspecified atom stereocenters. The highest BCUT2D eigenvalue weighted by Crippen LogP contribution is 2.36. The van der Waals surface area contributed by atoms with Gasteiger partial charge < -0.3 is 4.74 Å². The number of fused-ring (bicyclic) bond motifs is 2. The highest BCUT2D eigenvalue weighted by molar-refractivity contribution is 7.91. The second-order valence-electron chi connectivity index (χ2n) is 9.98. The van der Waals surface area contributed by atoms with Crippen LogP contribution < -0.4 is 4.74 Å². The number of ether oxygens (including phenoxy) is 1. The third-order valence-corrected chi connectivity index (χ3v) is 9.31. The number of benzene rings is 4. The van der Waals surface area contributed by atoms with Crippen molar-refractivity contribution < 1.29 is 13.2 Å². The highest BCUT2D eigenvalue weighted by Gasteiger charge is 2.28. The lowest BCUT2D eigenvalue weighted by atomic mass is 10.1. The molecule has 1 aliphatic rings. The van der Waals surface area contributed by atoms with E-state index in [0.717, 1.165) is 30.6 Å². The van der Waals surface area contributed by atoms with Gasteiger partial charge in [0.15, 0.2) is 5.03 Å². The van der Waals surface area contributed by atoms with Crippen LogP contribution in [0.3, 0.4) is 0 Å². The molecule has 0 bridgehead atoms. The maximum absolute atomic E-state index is 14.2. The molecule has 1 saturated heterocycles. The van der Waals surface area contributed by atoms with Gasteiger partial charge in [0.2, 0.25) is 9.84 Å². The Hall–Kier alpha value is -3.39. The SMILES string of the molecule is O=S(=O)(c1cccc2ccccc12)c1nn(Cc2cccc(Cl)c2)c2c(OCCN3CCCCC3)cccc12. The molecule has 0 saturated carbocycles. The minimum Gasteiger partial charge on any atom is -0.490 e. The summed E-state index contributed by atoms with van der Waals surface area (Å²) in [7, 11) is -3.95. The van der Waals surface area contributed by atoms with Crippen LogP contribution in [-0.4, -0.2) is 49.3 Å². The van der Waals surface area contributed by atoms with Crippen molar-refractivity contribution in [2.75, 3.05) is 26.2 Å². The van der Waals surface area contributed by atoms with Crippen LogP contribution >= 0.6 is 11.6 Å². The van der Waals surface area contributed by atoms with Crippen molar-refractivity contribution in [3.63, 3.8) is 0 Å². The van der Waals surface area contributed by atoms with Crippen molar-refractivity contribution in [1.82, 2.24) is 14.7 Å². The summed E-state index contributed by atoms with van der Waals surface area (Å²) in [6, 6.07) is 25.9. The molecule has 0 spiro atoms. The van der Waals surface area contributed by atoms with Gasteiger partial charge in [0.25, 0.3) is 0 Å². The van der Waals surface area contributed by atoms with Gasteiger partial charge in [-0.25, -0.2) is 8.42 Å². The molecule has 1 aromatic heterocycles. The predicted molar refractivity (Wildman–Crippen MR) is 155 cm³/mol. The Morgan fingerprint density at radius 3 is 2.44 bits per heavy atom. The summed E-state index contributed by atoms with van der Waals surface area (Å²) in [4.78, 5) is 2.66. The zero-order chi connectivity index (χ0) is 26.8. The van der Waals surface area contributed by atoms with Gasteiger partial charge in [-0.2, -0.15) is 5.10 Å². The summed E-state index contributed by atoms with van der Waals surface area (Å²) < 4.78 is 36.4. The molecule has 39 heavy (non-hydrogen) atoms. The lowest BCUT2D eigenvalue weighted by molar-refractivity contribution is 0.184. The molecule has 1 aliphatic heterocycles. The Bertz CT molecular complexity index is 1740. The van der Waals surface area contributed by atoms with Crippen LogP contribution in [0.5, 0.6) is 5.75 Å². The number of piperidine rings is 1. The molecule has 2 heterocycles. The maximum atomic E-state index is 14.2. The van der Waals surface area contributed by atoms with E-state index in [-0.39, 0.29) is 9.92 Å². The van der Waals surface area contributed by atoms with Gasteiger partial charge in [-0.15, -0.1) is 0 Å². The van der Waals surface area contributed by atoms with Gasteiger partial charge in [-0.05, 0) is 67.2 Å². The fourth-order valence-electron chi connectivity index (χ4n) is 5.41. The van der Waals surface area contributed by atoms with Gasteiger partial charge in [-0.1, -0.05) is 72.6 Å². The van der Waals surface area contributed by atoms with E-state index in [1.54, 1.807) is 16.8 Å². The maximum Gasteiger partial charge on any atom is 0.226 e. The Labute approximate surface area is 233 Å². The molecule has 0 atom stereocenters. The lowest BCUT2D eigenvalue weighted by Gasteiger charge is -2.26. The molecule has 6 rings (SSSR count). The summed E-state index contributed by atoms with van der Waals surface area (Å²) in [5, 5.41) is 7.44. The second-order valence-corrected chi connectivity index (χ2v) is 12.2. The van der Waals surface area contributed by atoms with Crippen LogP contribution in [0.15, 0.2) is 94.9 Å². The van der Waals surface area contributed by atoms with Crippen molar-refractivity contribution in [2.45, 2.75) is 35.7 Å². The molecule has 0 radical (unpaired) electrons. The molecule has 0 amide bonds. The van der Waals surface area contributed by atoms with E-state index < -0.39 is 9.84 Å². The van der Waals surface area contributed by atoms with Gasteiger partial charge in [0.05, 0.1) is 11.4 Å². The number of likely N-dealkylation sites (tertiary alicyclic amines) is 1. The van der Waals surface area contributed by atoms with Crippen LogP contribution in [0.4, 0.5) is 0 Å². The minimum atomic E-state index is -3.95. The first-order valence-electron chi connectivity index (χ1n) is 13.3. The summed E-state index contributed by atoms with van der Waals surface area (Å²) >= 11 is 6.26. The van der Waals surface area contributed by atoms with Gasteiger partial charge in [0, 0.05) is 22.3 Å². The van der Waals surface area contributed by atoms with Crippen molar-refractivity contribution in [1.29, 1.82) is 0 Å². The highest BCUT2D eigenvalue weighted by atomic mass is 35.5. The number of halogens is 1. The topological polar surface area (TPSA) is 64.4 Å². The minimum absolute atomic E-state index is 0.0253. The van der Waals surface area contributed by atoms with Gasteiger partial charge in [0.1, 0.15) is 17.9 Å². The number of hydrogen-bond donors (Lipinski definition) is 0. The van der Waals surface area contributed by atoms with Crippen LogP contribution in [0, 0.1) is 0 Å². The molecule has 0 aliphatic carbocycles. The first-order chi connectivity index (χ1) is 19.0. The van der Waals surface area contributed by atoms with Crippen molar-refractivity contribution in [3.8, 4) is 5.75 Å². The molecular weight excluding hydrogens is 530 g/mol. The van der Waals surface area contributed by atoms with E-state index in [9.17, 15) is 8.42 Å². The third-order valence-electron chi connectivity index (χ3n) is 7.33. The smallest absolute Gasteiger partial charge is 0.226 e. The van der Waals surface area contributed by atoms with E-state index in [0.29, 0.717) is 40.2 Å². The summed E-state index contributed by atoms with van der Waals surface area (Å²) in [5.41, 5.74) is 1.58. The first kappa shape index (κ1) is 25.9. The molecule has 4 aromatic carbocycles. The van der Waals surface area contributed by atoms with E-state index in [4.69, 9.17) is 21.4 Å². The standard InChI is InChI=1S/C31H30ClN3O3S/c32-25-12-6-9-23(21-25)22-35-30-27(14-8-15-28(30)38-20-19-34-17-4-1-5-18-34)31(33-35)39(36,37)29-16-7-11-24-10-2-3-13-26(24)29/h2-3,6-16,21H,1,4-5,17-20,22H2.